The molecule has 0 atom stereocenters. The van der Waals surface area contributed by atoms with Gasteiger partial charge in [0.25, 0.3) is 0 Å². The van der Waals surface area contributed by atoms with E-state index < -0.39 is 0 Å². The van der Waals surface area contributed by atoms with Crippen LogP contribution in [-0.2, 0) is 13.2 Å². The third kappa shape index (κ3) is 4.86. The highest BCUT2D eigenvalue weighted by molar-refractivity contribution is 5.46. The molecule has 0 radical (unpaired) electrons. The van der Waals surface area contributed by atoms with Crippen molar-refractivity contribution in [3.05, 3.63) is 72.1 Å². The predicted molar refractivity (Wildman–Crippen MR) is 104 cm³/mol. The smallest absolute Gasteiger partial charge is 0.240 e. The number of anilines is 1. The highest BCUT2D eigenvalue weighted by Gasteiger charge is 2.18. The second-order valence-electron chi connectivity index (χ2n) is 6.80. The number of nitrogens with zero attached hydrogens (tertiary/aromatic N) is 4. The maximum Gasteiger partial charge on any atom is 0.240 e. The number of halogens is 1. The highest BCUT2D eigenvalue weighted by Crippen LogP contribution is 2.18. The first kappa shape index (κ1) is 18.4. The number of aromatic nitrogens is 2. The summed E-state index contributed by atoms with van der Waals surface area (Å²) in [7, 11) is 0. The molecule has 1 aliphatic rings. The maximum absolute atomic E-state index is 13.1. The predicted octanol–water partition coefficient (Wildman–Crippen LogP) is 3.50. The Hall–Kier alpha value is -2.93. The van der Waals surface area contributed by atoms with Crippen molar-refractivity contribution in [1.82, 2.24) is 15.0 Å². The van der Waals surface area contributed by atoms with Crippen molar-refractivity contribution >= 4 is 5.69 Å². The molecule has 0 spiro atoms. The van der Waals surface area contributed by atoms with E-state index in [1.807, 2.05) is 42.5 Å². The van der Waals surface area contributed by atoms with Crippen LogP contribution in [0.25, 0.3) is 0 Å². The minimum atomic E-state index is -0.205. The summed E-state index contributed by atoms with van der Waals surface area (Å²) < 4.78 is 24.2. The zero-order chi connectivity index (χ0) is 19.2. The van der Waals surface area contributed by atoms with E-state index in [1.165, 1.54) is 12.1 Å². The Labute approximate surface area is 163 Å². The van der Waals surface area contributed by atoms with E-state index in [4.69, 9.17) is 9.26 Å². The van der Waals surface area contributed by atoms with Crippen molar-refractivity contribution in [2.75, 3.05) is 31.1 Å². The van der Waals surface area contributed by atoms with Gasteiger partial charge in [-0.25, -0.2) is 4.39 Å². The van der Waals surface area contributed by atoms with Crippen molar-refractivity contribution in [3.63, 3.8) is 0 Å². The zero-order valence-electron chi connectivity index (χ0n) is 15.6. The van der Waals surface area contributed by atoms with Gasteiger partial charge in [-0.2, -0.15) is 4.98 Å². The minimum absolute atomic E-state index is 0.205. The molecule has 1 fully saturated rings. The molecular weight excluding hydrogens is 359 g/mol. The van der Waals surface area contributed by atoms with Crippen LogP contribution in [0.2, 0.25) is 0 Å². The molecule has 3 aromatic rings. The van der Waals surface area contributed by atoms with Gasteiger partial charge in [-0.05, 0) is 42.8 Å². The van der Waals surface area contributed by atoms with Crippen LogP contribution in [0, 0.1) is 5.82 Å². The van der Waals surface area contributed by atoms with E-state index >= 15 is 0 Å². The quantitative estimate of drug-likeness (QED) is 0.650. The van der Waals surface area contributed by atoms with Crippen molar-refractivity contribution < 1.29 is 13.7 Å². The monoisotopic (exact) mass is 382 g/mol. The SMILES string of the molecule is Fc1ccc(N2CCCN(Cc3nc(COc4ccccc4)no3)CC2)cc1. The lowest BCUT2D eigenvalue weighted by Gasteiger charge is -2.23. The van der Waals surface area contributed by atoms with Gasteiger partial charge in [-0.1, -0.05) is 23.4 Å². The van der Waals surface area contributed by atoms with E-state index in [-0.39, 0.29) is 12.4 Å². The van der Waals surface area contributed by atoms with Gasteiger partial charge < -0.3 is 14.2 Å². The lowest BCUT2D eigenvalue weighted by Crippen LogP contribution is -2.30. The van der Waals surface area contributed by atoms with Gasteiger partial charge in [-0.15, -0.1) is 0 Å². The van der Waals surface area contributed by atoms with Crippen molar-refractivity contribution in [2.24, 2.45) is 0 Å². The van der Waals surface area contributed by atoms with Crippen molar-refractivity contribution in [1.29, 1.82) is 0 Å². The molecule has 0 amide bonds. The number of rotatable bonds is 6. The summed E-state index contributed by atoms with van der Waals surface area (Å²) in [5.41, 5.74) is 1.06. The Morgan fingerprint density at radius 1 is 0.964 bits per heavy atom. The normalized spacial score (nSPS) is 15.4. The molecule has 2 aromatic carbocycles. The number of hydrogen-bond donors (Lipinski definition) is 0. The van der Waals surface area contributed by atoms with Crippen LogP contribution in [0.15, 0.2) is 59.1 Å². The largest absolute Gasteiger partial charge is 0.485 e. The molecule has 4 rings (SSSR count). The molecule has 1 aromatic heterocycles. The van der Waals surface area contributed by atoms with Crippen LogP contribution < -0.4 is 9.64 Å². The van der Waals surface area contributed by atoms with E-state index in [1.54, 1.807) is 0 Å². The van der Waals surface area contributed by atoms with Gasteiger partial charge >= 0.3 is 0 Å². The van der Waals surface area contributed by atoms with E-state index in [9.17, 15) is 4.39 Å². The molecule has 0 bridgehead atoms. The first-order valence-electron chi connectivity index (χ1n) is 9.48. The number of para-hydroxylation sites is 1. The van der Waals surface area contributed by atoms with Gasteiger partial charge in [0, 0.05) is 31.9 Å². The van der Waals surface area contributed by atoms with Gasteiger partial charge in [0.05, 0.1) is 6.54 Å². The van der Waals surface area contributed by atoms with E-state index in [2.05, 4.69) is 19.9 Å². The van der Waals surface area contributed by atoms with Gasteiger partial charge in [0.2, 0.25) is 11.7 Å². The highest BCUT2D eigenvalue weighted by atomic mass is 19.1. The second-order valence-corrected chi connectivity index (χ2v) is 6.80. The summed E-state index contributed by atoms with van der Waals surface area (Å²) in [4.78, 5) is 9.03. The Morgan fingerprint density at radius 3 is 2.61 bits per heavy atom. The van der Waals surface area contributed by atoms with Gasteiger partial charge in [-0.3, -0.25) is 4.90 Å². The third-order valence-electron chi connectivity index (χ3n) is 4.76. The molecule has 7 heteroatoms. The Kier molecular flexibility index (Phi) is 5.82. The molecule has 1 saturated heterocycles. The molecule has 1 aliphatic heterocycles. The van der Waals surface area contributed by atoms with Crippen molar-refractivity contribution in [2.45, 2.75) is 19.6 Å². The molecule has 0 aliphatic carbocycles. The third-order valence-corrected chi connectivity index (χ3v) is 4.76. The molecule has 0 N–H and O–H groups in total. The first-order valence-corrected chi connectivity index (χ1v) is 9.48. The van der Waals surface area contributed by atoms with Gasteiger partial charge in [0.1, 0.15) is 11.6 Å². The lowest BCUT2D eigenvalue weighted by atomic mass is 10.2. The van der Waals surface area contributed by atoms with E-state index in [0.717, 1.165) is 44.0 Å². The Morgan fingerprint density at radius 2 is 1.79 bits per heavy atom. The summed E-state index contributed by atoms with van der Waals surface area (Å²) >= 11 is 0. The fourth-order valence-electron chi connectivity index (χ4n) is 3.31. The minimum Gasteiger partial charge on any atom is -0.485 e. The van der Waals surface area contributed by atoms with Gasteiger partial charge in [0.15, 0.2) is 6.61 Å². The van der Waals surface area contributed by atoms with Crippen LogP contribution in [0.3, 0.4) is 0 Å². The van der Waals surface area contributed by atoms with E-state index in [0.29, 0.717) is 18.3 Å². The molecule has 0 saturated carbocycles. The Balaban J connectivity index is 1.29. The molecular formula is C21H23FN4O2. The standard InChI is InChI=1S/C21H23FN4O2/c22-17-7-9-18(10-8-17)26-12-4-11-25(13-14-26)15-21-23-20(24-28-21)16-27-19-5-2-1-3-6-19/h1-3,5-10H,4,11-16H2. The molecule has 2 heterocycles. The number of benzene rings is 2. The Bertz CT molecular complexity index is 870. The summed E-state index contributed by atoms with van der Waals surface area (Å²) in [6, 6.07) is 16.3. The van der Waals surface area contributed by atoms with Crippen LogP contribution in [0.4, 0.5) is 10.1 Å². The molecule has 146 valence electrons. The topological polar surface area (TPSA) is 54.6 Å². The fraction of sp³-hybridized carbons (Fsp3) is 0.333. The van der Waals surface area contributed by atoms with Crippen LogP contribution in [0.1, 0.15) is 18.1 Å². The molecule has 6 nitrogen and oxygen atoms in total. The summed E-state index contributed by atoms with van der Waals surface area (Å²) in [6.45, 7) is 4.57. The number of hydrogen-bond acceptors (Lipinski definition) is 6. The maximum atomic E-state index is 13.1. The van der Waals surface area contributed by atoms with Crippen LogP contribution in [0.5, 0.6) is 5.75 Å². The first-order chi connectivity index (χ1) is 13.8. The van der Waals surface area contributed by atoms with Crippen molar-refractivity contribution in [3.8, 4) is 5.75 Å². The average molecular weight is 382 g/mol. The second kappa shape index (κ2) is 8.84. The molecule has 28 heavy (non-hydrogen) atoms. The van der Waals surface area contributed by atoms with Crippen LogP contribution >= 0.6 is 0 Å². The zero-order valence-corrected chi connectivity index (χ0v) is 15.6. The number of ether oxygens (including phenoxy) is 1. The summed E-state index contributed by atoms with van der Waals surface area (Å²) in [5.74, 6) is 1.72. The summed E-state index contributed by atoms with van der Waals surface area (Å²) in [5, 5.41) is 4.01. The fourth-order valence-corrected chi connectivity index (χ4v) is 3.31. The summed E-state index contributed by atoms with van der Waals surface area (Å²) in [6.07, 6.45) is 1.02. The van der Waals surface area contributed by atoms with Crippen LogP contribution in [-0.4, -0.2) is 41.2 Å². The molecule has 0 unspecified atom stereocenters. The average Bonchev–Trinajstić information content (AvgIpc) is 3.04. The lowest BCUT2D eigenvalue weighted by molar-refractivity contribution is 0.238.